The summed E-state index contributed by atoms with van der Waals surface area (Å²) < 4.78 is 1.54. The SMILES string of the molecule is CC(=O)c1ccc(NC(=O)Cn2cc(C(=O)c3ccncc3)c(=O)c3cc(Cl)ccc32)cc1. The van der Waals surface area contributed by atoms with E-state index in [4.69, 9.17) is 11.6 Å². The third kappa shape index (κ3) is 4.73. The van der Waals surface area contributed by atoms with Crippen LogP contribution in [0.3, 0.4) is 0 Å². The Balaban J connectivity index is 1.71. The number of anilines is 1. The first-order chi connectivity index (χ1) is 15.8. The van der Waals surface area contributed by atoms with Crippen LogP contribution in [-0.2, 0) is 11.3 Å². The highest BCUT2D eigenvalue weighted by Gasteiger charge is 2.18. The number of aromatic nitrogens is 2. The zero-order valence-corrected chi connectivity index (χ0v) is 18.3. The summed E-state index contributed by atoms with van der Waals surface area (Å²) in [6.07, 6.45) is 4.32. The van der Waals surface area contributed by atoms with Gasteiger partial charge < -0.3 is 9.88 Å². The molecule has 8 heteroatoms. The first kappa shape index (κ1) is 22.1. The normalized spacial score (nSPS) is 10.7. The Hall–Kier alpha value is -4.10. The molecule has 4 aromatic rings. The number of Topliss-reactive ketones (excluding diaryl/α,β-unsaturated/α-hetero) is 1. The maximum atomic E-state index is 13.1. The van der Waals surface area contributed by atoms with Crippen molar-refractivity contribution in [1.29, 1.82) is 0 Å². The largest absolute Gasteiger partial charge is 0.337 e. The van der Waals surface area contributed by atoms with Crippen molar-refractivity contribution in [2.75, 3.05) is 5.32 Å². The van der Waals surface area contributed by atoms with Gasteiger partial charge in [0.1, 0.15) is 6.54 Å². The van der Waals surface area contributed by atoms with Crippen LogP contribution in [0.15, 0.2) is 78.0 Å². The molecule has 7 nitrogen and oxygen atoms in total. The van der Waals surface area contributed by atoms with Crippen molar-refractivity contribution in [2.45, 2.75) is 13.5 Å². The predicted molar refractivity (Wildman–Crippen MR) is 126 cm³/mol. The molecule has 0 atom stereocenters. The standard InChI is InChI=1S/C25H18ClN3O4/c1-15(30)16-2-5-19(6-3-16)28-23(31)14-29-13-21(24(32)17-8-10-27-11-9-17)25(33)20-12-18(26)4-7-22(20)29/h2-13H,14H2,1H3,(H,28,31). The molecule has 0 aliphatic heterocycles. The van der Waals surface area contributed by atoms with Crippen molar-refractivity contribution in [3.05, 3.63) is 105 Å². The van der Waals surface area contributed by atoms with Gasteiger partial charge in [0.25, 0.3) is 0 Å². The van der Waals surface area contributed by atoms with E-state index in [1.54, 1.807) is 41.0 Å². The number of hydrogen-bond acceptors (Lipinski definition) is 5. The van der Waals surface area contributed by atoms with Crippen LogP contribution >= 0.6 is 11.6 Å². The van der Waals surface area contributed by atoms with Crippen LogP contribution in [-0.4, -0.2) is 27.0 Å². The average Bonchev–Trinajstić information content (AvgIpc) is 2.81. The van der Waals surface area contributed by atoms with Gasteiger partial charge in [0.05, 0.1) is 11.1 Å². The Morgan fingerprint density at radius 1 is 0.970 bits per heavy atom. The van der Waals surface area contributed by atoms with E-state index >= 15 is 0 Å². The van der Waals surface area contributed by atoms with E-state index in [1.807, 2.05) is 0 Å². The molecular formula is C25H18ClN3O4. The minimum absolute atomic E-state index is 0.0716. The van der Waals surface area contributed by atoms with Gasteiger partial charge in [0, 0.05) is 45.8 Å². The molecule has 0 saturated heterocycles. The Bertz CT molecular complexity index is 1440. The number of carbonyl (C=O) groups excluding carboxylic acids is 3. The number of hydrogen-bond donors (Lipinski definition) is 1. The summed E-state index contributed by atoms with van der Waals surface area (Å²) in [5, 5.41) is 3.34. The number of fused-ring (bicyclic) bond motifs is 1. The lowest BCUT2D eigenvalue weighted by Crippen LogP contribution is -2.24. The van der Waals surface area contributed by atoms with E-state index in [9.17, 15) is 19.2 Å². The molecule has 1 amide bonds. The fourth-order valence-electron chi connectivity index (χ4n) is 3.46. The summed E-state index contributed by atoms with van der Waals surface area (Å²) in [4.78, 5) is 54.2. The number of nitrogens with zero attached hydrogens (tertiary/aromatic N) is 2. The van der Waals surface area contributed by atoms with Crippen LogP contribution < -0.4 is 10.7 Å². The number of amides is 1. The topological polar surface area (TPSA) is 98.1 Å². The van der Waals surface area contributed by atoms with Crippen LogP contribution in [0.25, 0.3) is 10.9 Å². The average molecular weight is 460 g/mol. The van der Waals surface area contributed by atoms with Gasteiger partial charge in [-0.1, -0.05) is 11.6 Å². The molecule has 1 N–H and O–H groups in total. The zero-order chi connectivity index (χ0) is 23.5. The molecule has 0 aliphatic carbocycles. The van der Waals surface area contributed by atoms with Gasteiger partial charge in [-0.05, 0) is 61.5 Å². The minimum Gasteiger partial charge on any atom is -0.337 e. The Morgan fingerprint density at radius 3 is 2.33 bits per heavy atom. The van der Waals surface area contributed by atoms with Crippen molar-refractivity contribution in [1.82, 2.24) is 9.55 Å². The summed E-state index contributed by atoms with van der Waals surface area (Å²) in [6, 6.07) is 14.3. The van der Waals surface area contributed by atoms with E-state index in [1.165, 1.54) is 43.7 Å². The molecule has 4 rings (SSSR count). The quantitative estimate of drug-likeness (QED) is 0.437. The number of halogens is 1. The second kappa shape index (κ2) is 9.18. The predicted octanol–water partition coefficient (Wildman–Crippen LogP) is 4.12. The molecule has 0 aliphatic rings. The lowest BCUT2D eigenvalue weighted by atomic mass is 10.0. The van der Waals surface area contributed by atoms with Gasteiger partial charge >= 0.3 is 0 Å². The molecule has 0 unspecified atom stereocenters. The van der Waals surface area contributed by atoms with Crippen molar-refractivity contribution in [2.24, 2.45) is 0 Å². The minimum atomic E-state index is -0.474. The number of carbonyl (C=O) groups is 3. The number of nitrogens with one attached hydrogen (secondary N) is 1. The van der Waals surface area contributed by atoms with Gasteiger partial charge in [0.15, 0.2) is 11.6 Å². The highest BCUT2D eigenvalue weighted by atomic mass is 35.5. The molecule has 164 valence electrons. The van der Waals surface area contributed by atoms with E-state index < -0.39 is 11.2 Å². The van der Waals surface area contributed by atoms with Crippen LogP contribution in [0.4, 0.5) is 5.69 Å². The fraction of sp³-hybridized carbons (Fsp3) is 0.0800. The highest BCUT2D eigenvalue weighted by Crippen LogP contribution is 2.19. The fourth-order valence-corrected chi connectivity index (χ4v) is 3.64. The number of ketones is 2. The van der Waals surface area contributed by atoms with E-state index in [-0.39, 0.29) is 29.2 Å². The van der Waals surface area contributed by atoms with E-state index in [0.717, 1.165) is 0 Å². The molecule has 0 radical (unpaired) electrons. The molecule has 0 fully saturated rings. The maximum Gasteiger partial charge on any atom is 0.244 e. The summed E-state index contributed by atoms with van der Waals surface area (Å²) in [5.74, 6) is -0.913. The lowest BCUT2D eigenvalue weighted by Gasteiger charge is -2.14. The molecule has 2 aromatic carbocycles. The number of pyridine rings is 2. The number of benzene rings is 2. The first-order valence-electron chi connectivity index (χ1n) is 10.0. The molecular weight excluding hydrogens is 442 g/mol. The van der Waals surface area contributed by atoms with Crippen LogP contribution in [0.5, 0.6) is 0 Å². The van der Waals surface area contributed by atoms with Gasteiger partial charge in [-0.15, -0.1) is 0 Å². The smallest absolute Gasteiger partial charge is 0.244 e. The third-order valence-corrected chi connectivity index (χ3v) is 5.35. The van der Waals surface area contributed by atoms with E-state index in [2.05, 4.69) is 10.3 Å². The van der Waals surface area contributed by atoms with Crippen molar-refractivity contribution < 1.29 is 14.4 Å². The molecule has 0 bridgehead atoms. The lowest BCUT2D eigenvalue weighted by molar-refractivity contribution is -0.116. The van der Waals surface area contributed by atoms with Gasteiger partial charge in [-0.2, -0.15) is 0 Å². The zero-order valence-electron chi connectivity index (χ0n) is 17.5. The first-order valence-corrected chi connectivity index (χ1v) is 10.4. The van der Waals surface area contributed by atoms with Crippen LogP contribution in [0.1, 0.15) is 33.2 Å². The molecule has 33 heavy (non-hydrogen) atoms. The summed E-state index contributed by atoms with van der Waals surface area (Å²) in [7, 11) is 0. The molecule has 2 heterocycles. The third-order valence-electron chi connectivity index (χ3n) is 5.12. The highest BCUT2D eigenvalue weighted by molar-refractivity contribution is 6.31. The number of rotatable bonds is 6. The summed E-state index contributed by atoms with van der Waals surface area (Å²) >= 11 is 6.10. The van der Waals surface area contributed by atoms with Gasteiger partial charge in [-0.25, -0.2) is 0 Å². The Morgan fingerprint density at radius 2 is 1.67 bits per heavy atom. The monoisotopic (exact) mass is 459 g/mol. The van der Waals surface area contributed by atoms with Gasteiger partial charge in [0.2, 0.25) is 11.3 Å². The van der Waals surface area contributed by atoms with Crippen molar-refractivity contribution in [3.63, 3.8) is 0 Å². The molecule has 0 saturated carbocycles. The maximum absolute atomic E-state index is 13.1. The summed E-state index contributed by atoms with van der Waals surface area (Å²) in [5.41, 5.74) is 1.30. The van der Waals surface area contributed by atoms with Crippen molar-refractivity contribution >= 4 is 45.7 Å². The Labute approximate surface area is 193 Å². The molecule has 2 aromatic heterocycles. The second-order valence-electron chi connectivity index (χ2n) is 7.41. The van der Waals surface area contributed by atoms with Crippen molar-refractivity contribution in [3.8, 4) is 0 Å². The van der Waals surface area contributed by atoms with Crippen LogP contribution in [0, 0.1) is 0 Å². The molecule has 0 spiro atoms. The Kier molecular flexibility index (Phi) is 6.15. The summed E-state index contributed by atoms with van der Waals surface area (Å²) in [6.45, 7) is 1.32. The van der Waals surface area contributed by atoms with Crippen LogP contribution in [0.2, 0.25) is 5.02 Å². The van der Waals surface area contributed by atoms with E-state index in [0.29, 0.717) is 27.4 Å². The van der Waals surface area contributed by atoms with Gasteiger partial charge in [-0.3, -0.25) is 24.2 Å². The second-order valence-corrected chi connectivity index (χ2v) is 7.84.